The highest BCUT2D eigenvalue weighted by atomic mass is 35.5. The fourth-order valence-electron chi connectivity index (χ4n) is 2.37. The first-order chi connectivity index (χ1) is 13.9. The predicted molar refractivity (Wildman–Crippen MR) is 101 cm³/mol. The Morgan fingerprint density at radius 3 is 2.37 bits per heavy atom. The molecule has 1 aromatic carbocycles. The third-order valence-corrected chi connectivity index (χ3v) is 4.37. The summed E-state index contributed by atoms with van der Waals surface area (Å²) in [6.45, 7) is -0.385. The average molecular weight is 469 g/mol. The van der Waals surface area contributed by atoms with Crippen LogP contribution in [-0.2, 0) is 22.8 Å². The molecule has 1 N–H and O–H groups in total. The quantitative estimate of drug-likeness (QED) is 0.516. The Labute approximate surface area is 176 Å². The lowest BCUT2D eigenvalue weighted by Gasteiger charge is -2.16. The van der Waals surface area contributed by atoms with Crippen molar-refractivity contribution < 1.29 is 32.5 Å². The Morgan fingerprint density at radius 2 is 1.83 bits per heavy atom. The zero-order chi connectivity index (χ0) is 22.8. The summed E-state index contributed by atoms with van der Waals surface area (Å²) in [6, 6.07) is 2.44. The molecule has 162 valence electrons. The summed E-state index contributed by atoms with van der Waals surface area (Å²) in [5.41, 5.74) is -4.28. The molecule has 0 aliphatic heterocycles. The second-order valence-corrected chi connectivity index (χ2v) is 6.53. The monoisotopic (exact) mass is 468 g/mol. The van der Waals surface area contributed by atoms with Crippen LogP contribution in [0.4, 0.5) is 13.2 Å². The van der Waals surface area contributed by atoms with Gasteiger partial charge in [-0.15, -0.1) is 0 Å². The first kappa shape index (κ1) is 23.4. The van der Waals surface area contributed by atoms with Crippen LogP contribution < -0.4 is 16.0 Å². The van der Waals surface area contributed by atoms with Gasteiger partial charge in [0.25, 0.3) is 5.56 Å². The third-order valence-electron chi connectivity index (χ3n) is 3.77. The number of carboxylic acid groups (broad SMARTS) is 1. The predicted octanol–water partition coefficient (Wildman–Crippen LogP) is 2.86. The molecule has 0 aliphatic carbocycles. The topological polar surface area (TPSA) is 99.8 Å². The zero-order valence-electron chi connectivity index (χ0n) is 15.3. The number of rotatable bonds is 6. The van der Waals surface area contributed by atoms with E-state index < -0.39 is 29.1 Å². The number of nitrogens with zero attached hydrogens (tertiary/aromatic N) is 2. The smallest absolute Gasteiger partial charge is 0.431 e. The van der Waals surface area contributed by atoms with E-state index in [4.69, 9.17) is 37.8 Å². The summed E-state index contributed by atoms with van der Waals surface area (Å²) in [4.78, 5) is 35.4. The van der Waals surface area contributed by atoms with Gasteiger partial charge in [0, 0.05) is 19.2 Å². The van der Waals surface area contributed by atoms with E-state index in [1.165, 1.54) is 7.11 Å². The van der Waals surface area contributed by atoms with Gasteiger partial charge in [-0.2, -0.15) is 13.2 Å². The van der Waals surface area contributed by atoms with Crippen molar-refractivity contribution in [3.63, 3.8) is 0 Å². The lowest BCUT2D eigenvalue weighted by atomic mass is 10.2. The summed E-state index contributed by atoms with van der Waals surface area (Å²) in [5.74, 6) is -1.51. The second-order valence-electron chi connectivity index (χ2n) is 5.72. The molecule has 8 nitrogen and oxygen atoms in total. The van der Waals surface area contributed by atoms with Crippen LogP contribution in [0.2, 0.25) is 10.0 Å². The van der Waals surface area contributed by atoms with Gasteiger partial charge >= 0.3 is 17.8 Å². The van der Waals surface area contributed by atoms with E-state index in [1.807, 2.05) is 0 Å². The van der Waals surface area contributed by atoms with Crippen LogP contribution in [-0.4, -0.2) is 33.9 Å². The van der Waals surface area contributed by atoms with E-state index in [1.54, 1.807) is 0 Å². The van der Waals surface area contributed by atoms with Crippen molar-refractivity contribution in [2.45, 2.75) is 6.18 Å². The molecule has 0 radical (unpaired) electrons. The molecule has 2 rings (SSSR count). The molecule has 13 heteroatoms. The fraction of sp³-hybridized carbons (Fsp3) is 0.235. The maximum atomic E-state index is 13.0. The number of hydrogen-bond donors (Lipinski definition) is 1. The SMILES string of the molecule is CO/C(=C\C(=O)O)COc1cc(-n2c(=O)cc(C(F)(F)F)n(C)c2=O)c(Cl)cc1Cl. The minimum atomic E-state index is -4.92. The summed E-state index contributed by atoms with van der Waals surface area (Å²) in [5, 5.41) is 8.48. The maximum Gasteiger partial charge on any atom is 0.431 e. The molecule has 2 aromatic rings. The Bertz CT molecular complexity index is 1140. The molecular weight excluding hydrogens is 456 g/mol. The summed E-state index contributed by atoms with van der Waals surface area (Å²) in [6.07, 6.45) is -4.18. The van der Waals surface area contributed by atoms with Crippen molar-refractivity contribution in [2.24, 2.45) is 7.05 Å². The van der Waals surface area contributed by atoms with Gasteiger partial charge in [-0.3, -0.25) is 9.36 Å². The molecular formula is C17H13Cl2F3N2O6. The molecule has 1 heterocycles. The molecule has 0 aliphatic rings. The highest BCUT2D eigenvalue weighted by Gasteiger charge is 2.35. The van der Waals surface area contributed by atoms with Crippen LogP contribution in [0.25, 0.3) is 5.69 Å². The van der Waals surface area contributed by atoms with E-state index in [-0.39, 0.29) is 44.5 Å². The van der Waals surface area contributed by atoms with Crippen LogP contribution >= 0.6 is 23.2 Å². The van der Waals surface area contributed by atoms with E-state index in [2.05, 4.69) is 0 Å². The number of aliphatic carboxylic acids is 1. The van der Waals surface area contributed by atoms with Crippen LogP contribution in [0.5, 0.6) is 5.75 Å². The van der Waals surface area contributed by atoms with Gasteiger partial charge in [0.05, 0.1) is 28.9 Å². The van der Waals surface area contributed by atoms with Gasteiger partial charge in [-0.05, 0) is 6.07 Å². The Balaban J connectivity index is 2.58. The highest BCUT2D eigenvalue weighted by molar-refractivity contribution is 6.36. The number of ether oxygens (including phenoxy) is 2. The molecule has 1 aromatic heterocycles. The lowest BCUT2D eigenvalue weighted by molar-refractivity contribution is -0.144. The molecule has 0 saturated heterocycles. The summed E-state index contributed by atoms with van der Waals surface area (Å²) >= 11 is 12.0. The van der Waals surface area contributed by atoms with Crippen LogP contribution in [0.15, 0.2) is 39.6 Å². The van der Waals surface area contributed by atoms with Gasteiger partial charge in [-0.1, -0.05) is 23.2 Å². The van der Waals surface area contributed by atoms with E-state index in [9.17, 15) is 27.6 Å². The number of hydrogen-bond acceptors (Lipinski definition) is 5. The molecule has 0 unspecified atom stereocenters. The maximum absolute atomic E-state index is 13.0. The third kappa shape index (κ3) is 4.97. The number of carboxylic acids is 1. The normalized spacial score (nSPS) is 12.0. The van der Waals surface area contributed by atoms with Gasteiger partial charge in [0.1, 0.15) is 23.8 Å². The van der Waals surface area contributed by atoms with Gasteiger partial charge in [-0.25, -0.2) is 14.2 Å². The number of halogens is 5. The molecule has 0 fully saturated rings. The molecule has 0 atom stereocenters. The van der Waals surface area contributed by atoms with Crippen molar-refractivity contribution >= 4 is 29.2 Å². The molecule has 0 spiro atoms. The van der Waals surface area contributed by atoms with Crippen molar-refractivity contribution in [1.29, 1.82) is 0 Å². The van der Waals surface area contributed by atoms with E-state index in [0.717, 1.165) is 25.3 Å². The number of aromatic nitrogens is 2. The number of alkyl halides is 3. The molecule has 0 bridgehead atoms. The number of methoxy groups -OCH3 is 1. The highest BCUT2D eigenvalue weighted by Crippen LogP contribution is 2.33. The van der Waals surface area contributed by atoms with E-state index >= 15 is 0 Å². The molecule has 0 amide bonds. The van der Waals surface area contributed by atoms with E-state index in [0.29, 0.717) is 4.57 Å². The van der Waals surface area contributed by atoms with Crippen molar-refractivity contribution in [3.05, 3.63) is 66.6 Å². The lowest BCUT2D eigenvalue weighted by Crippen LogP contribution is -2.40. The first-order valence-electron chi connectivity index (χ1n) is 7.86. The Kier molecular flexibility index (Phi) is 6.88. The second kappa shape index (κ2) is 8.84. The first-order valence-corrected chi connectivity index (χ1v) is 8.62. The average Bonchev–Trinajstić information content (AvgIpc) is 2.63. The standard InChI is InChI=1S/C17H13Cl2F3N2O6/c1-23-13(17(20,21)22)6-14(25)24(16(23)28)11-5-12(10(19)4-9(11)18)30-7-8(29-2)3-15(26)27/h3-6H,7H2,1-2H3,(H,26,27)/b8-3-. The Morgan fingerprint density at radius 1 is 1.20 bits per heavy atom. The van der Waals surface area contributed by atoms with Crippen molar-refractivity contribution in [3.8, 4) is 11.4 Å². The minimum absolute atomic E-state index is 0.0636. The van der Waals surface area contributed by atoms with Gasteiger partial charge < -0.3 is 14.6 Å². The van der Waals surface area contributed by atoms with Crippen molar-refractivity contribution in [2.75, 3.05) is 13.7 Å². The Hall–Kier alpha value is -2.92. The summed E-state index contributed by atoms with van der Waals surface area (Å²) in [7, 11) is 2.06. The zero-order valence-corrected chi connectivity index (χ0v) is 16.8. The largest absolute Gasteiger partial charge is 0.497 e. The minimum Gasteiger partial charge on any atom is -0.497 e. The number of carbonyl (C=O) groups is 1. The molecule has 30 heavy (non-hydrogen) atoms. The van der Waals surface area contributed by atoms with Crippen LogP contribution in [0.1, 0.15) is 5.69 Å². The molecule has 0 saturated carbocycles. The fourth-order valence-corrected chi connectivity index (χ4v) is 2.89. The van der Waals surface area contributed by atoms with Gasteiger partial charge in [0.2, 0.25) is 0 Å². The number of benzene rings is 1. The van der Waals surface area contributed by atoms with Crippen LogP contribution in [0.3, 0.4) is 0 Å². The van der Waals surface area contributed by atoms with Crippen LogP contribution in [0, 0.1) is 0 Å². The van der Waals surface area contributed by atoms with Gasteiger partial charge in [0.15, 0.2) is 0 Å². The van der Waals surface area contributed by atoms with Crippen molar-refractivity contribution in [1.82, 2.24) is 9.13 Å². The summed E-state index contributed by atoms with van der Waals surface area (Å²) < 4.78 is 49.9.